The number of hydrogen-bond acceptors (Lipinski definition) is 4. The molecule has 1 aromatic carbocycles. The zero-order valence-electron chi connectivity index (χ0n) is 16.4. The molecule has 3 heterocycles. The number of fused-ring (bicyclic) bond motifs is 1. The number of anilines is 1. The fourth-order valence-electron chi connectivity index (χ4n) is 4.38. The number of amides is 1. The van der Waals surface area contributed by atoms with E-state index in [-0.39, 0.29) is 18.4 Å². The number of para-hydroxylation sites is 1. The molecule has 4 rings (SSSR count). The van der Waals surface area contributed by atoms with Crippen molar-refractivity contribution in [1.82, 2.24) is 14.8 Å². The third-order valence-electron chi connectivity index (χ3n) is 6.07. The van der Waals surface area contributed by atoms with Crippen molar-refractivity contribution in [2.45, 2.75) is 18.8 Å². The molecule has 0 saturated carbocycles. The van der Waals surface area contributed by atoms with Crippen LogP contribution in [0.4, 0.5) is 5.69 Å². The van der Waals surface area contributed by atoms with Crippen molar-refractivity contribution >= 4 is 11.6 Å². The molecule has 2 N–H and O–H groups in total. The first-order valence-corrected chi connectivity index (χ1v) is 10.4. The maximum absolute atomic E-state index is 12.8. The van der Waals surface area contributed by atoms with Crippen LogP contribution in [0, 0.1) is 0 Å². The van der Waals surface area contributed by atoms with Crippen molar-refractivity contribution in [3.8, 4) is 0 Å². The lowest BCUT2D eigenvalue weighted by atomic mass is 10.0. The number of rotatable bonds is 6. The molecule has 150 valence electrons. The van der Waals surface area contributed by atoms with Crippen LogP contribution >= 0.6 is 0 Å². The summed E-state index contributed by atoms with van der Waals surface area (Å²) in [5, 5.41) is 9.64. The first kappa shape index (κ1) is 19.0. The molecule has 2 aromatic rings. The van der Waals surface area contributed by atoms with Crippen LogP contribution in [0.15, 0.2) is 42.6 Å². The topological polar surface area (TPSA) is 62.8 Å². The van der Waals surface area contributed by atoms with Gasteiger partial charge in [0, 0.05) is 62.8 Å². The SMILES string of the molecule is O=C1c2cc[nH]c2C(CO)CCN1CCCN1CCN(c2ccccc2)CC1. The average Bonchev–Trinajstić information content (AvgIpc) is 3.19. The molecule has 1 amide bonds. The molecule has 0 radical (unpaired) electrons. The maximum atomic E-state index is 12.8. The Morgan fingerprint density at radius 3 is 2.54 bits per heavy atom. The molecule has 1 aromatic heterocycles. The molecule has 0 bridgehead atoms. The first-order chi connectivity index (χ1) is 13.8. The average molecular weight is 383 g/mol. The van der Waals surface area contributed by atoms with E-state index in [0.717, 1.165) is 63.4 Å². The van der Waals surface area contributed by atoms with Crippen molar-refractivity contribution < 1.29 is 9.90 Å². The van der Waals surface area contributed by atoms with Gasteiger partial charge in [-0.15, -0.1) is 0 Å². The molecule has 2 aliphatic rings. The van der Waals surface area contributed by atoms with Crippen molar-refractivity contribution in [1.29, 1.82) is 0 Å². The van der Waals surface area contributed by atoms with E-state index in [4.69, 9.17) is 0 Å². The minimum atomic E-state index is 0.0324. The van der Waals surface area contributed by atoms with Gasteiger partial charge in [0.15, 0.2) is 0 Å². The highest BCUT2D eigenvalue weighted by Crippen LogP contribution is 2.27. The van der Waals surface area contributed by atoms with Gasteiger partial charge in [0.2, 0.25) is 0 Å². The van der Waals surface area contributed by atoms with Gasteiger partial charge in [-0.1, -0.05) is 18.2 Å². The van der Waals surface area contributed by atoms with E-state index in [1.54, 1.807) is 6.20 Å². The zero-order chi connectivity index (χ0) is 19.3. The van der Waals surface area contributed by atoms with Gasteiger partial charge in [-0.05, 0) is 37.6 Å². The summed E-state index contributed by atoms with van der Waals surface area (Å²) in [5.74, 6) is 0.131. The molecule has 2 aliphatic heterocycles. The van der Waals surface area contributed by atoms with Crippen LogP contribution in [0.2, 0.25) is 0 Å². The van der Waals surface area contributed by atoms with Gasteiger partial charge < -0.3 is 19.9 Å². The van der Waals surface area contributed by atoms with Crippen LogP contribution in [0.25, 0.3) is 0 Å². The number of H-pyrrole nitrogens is 1. The van der Waals surface area contributed by atoms with Crippen LogP contribution in [-0.4, -0.2) is 78.2 Å². The second-order valence-electron chi connectivity index (χ2n) is 7.78. The number of piperazine rings is 1. The molecular formula is C22H30N4O2. The van der Waals surface area contributed by atoms with Crippen molar-refractivity contribution in [3.05, 3.63) is 53.9 Å². The molecule has 1 atom stereocenters. The third kappa shape index (κ3) is 4.08. The number of benzene rings is 1. The summed E-state index contributed by atoms with van der Waals surface area (Å²) < 4.78 is 0. The molecule has 28 heavy (non-hydrogen) atoms. The number of aromatic nitrogens is 1. The zero-order valence-corrected chi connectivity index (χ0v) is 16.4. The van der Waals surface area contributed by atoms with Gasteiger partial charge >= 0.3 is 0 Å². The Bertz CT molecular complexity index is 768. The highest BCUT2D eigenvalue weighted by atomic mass is 16.3. The molecule has 1 saturated heterocycles. The Morgan fingerprint density at radius 1 is 1.00 bits per heavy atom. The number of nitrogens with zero attached hydrogens (tertiary/aromatic N) is 3. The maximum Gasteiger partial charge on any atom is 0.255 e. The Labute approximate surface area is 166 Å². The third-order valence-corrected chi connectivity index (χ3v) is 6.07. The van der Waals surface area contributed by atoms with E-state index in [1.807, 2.05) is 11.0 Å². The van der Waals surface area contributed by atoms with Gasteiger partial charge in [0.1, 0.15) is 0 Å². The second-order valence-corrected chi connectivity index (χ2v) is 7.78. The summed E-state index contributed by atoms with van der Waals surface area (Å²) in [7, 11) is 0. The quantitative estimate of drug-likeness (QED) is 0.804. The Balaban J connectivity index is 1.25. The van der Waals surface area contributed by atoms with Gasteiger partial charge in [-0.25, -0.2) is 0 Å². The Morgan fingerprint density at radius 2 is 1.79 bits per heavy atom. The monoisotopic (exact) mass is 382 g/mol. The largest absolute Gasteiger partial charge is 0.396 e. The van der Waals surface area contributed by atoms with Crippen molar-refractivity contribution in [3.63, 3.8) is 0 Å². The fourth-order valence-corrected chi connectivity index (χ4v) is 4.38. The lowest BCUT2D eigenvalue weighted by molar-refractivity contribution is 0.0749. The van der Waals surface area contributed by atoms with E-state index < -0.39 is 0 Å². The smallest absolute Gasteiger partial charge is 0.255 e. The minimum absolute atomic E-state index is 0.0324. The van der Waals surface area contributed by atoms with Crippen LogP contribution in [-0.2, 0) is 0 Å². The first-order valence-electron chi connectivity index (χ1n) is 10.4. The van der Waals surface area contributed by atoms with Crippen LogP contribution in [0.1, 0.15) is 34.8 Å². The van der Waals surface area contributed by atoms with Crippen LogP contribution < -0.4 is 4.90 Å². The predicted molar refractivity (Wildman–Crippen MR) is 111 cm³/mol. The van der Waals surface area contributed by atoms with E-state index >= 15 is 0 Å². The number of aliphatic hydroxyl groups is 1. The lowest BCUT2D eigenvalue weighted by Gasteiger charge is -2.36. The number of aromatic amines is 1. The minimum Gasteiger partial charge on any atom is -0.396 e. The highest BCUT2D eigenvalue weighted by molar-refractivity contribution is 5.96. The summed E-state index contributed by atoms with van der Waals surface area (Å²) in [4.78, 5) is 22.9. The summed E-state index contributed by atoms with van der Waals surface area (Å²) >= 11 is 0. The van der Waals surface area contributed by atoms with Crippen LogP contribution in [0.3, 0.4) is 0 Å². The number of carbonyl (C=O) groups excluding carboxylic acids is 1. The molecular weight excluding hydrogens is 352 g/mol. The van der Waals surface area contributed by atoms with Crippen LogP contribution in [0.5, 0.6) is 0 Å². The fraction of sp³-hybridized carbons (Fsp3) is 0.500. The number of carbonyl (C=O) groups is 1. The van der Waals surface area contributed by atoms with E-state index in [9.17, 15) is 9.90 Å². The predicted octanol–water partition coefficient (Wildman–Crippen LogP) is 2.15. The van der Waals surface area contributed by atoms with E-state index in [1.165, 1.54) is 5.69 Å². The molecule has 6 heteroatoms. The lowest BCUT2D eigenvalue weighted by Crippen LogP contribution is -2.47. The summed E-state index contributed by atoms with van der Waals surface area (Å²) in [5.41, 5.74) is 2.93. The van der Waals surface area contributed by atoms with Gasteiger partial charge in [0.05, 0.1) is 12.2 Å². The van der Waals surface area contributed by atoms with Crippen molar-refractivity contribution in [2.75, 3.05) is 57.3 Å². The summed E-state index contributed by atoms with van der Waals surface area (Å²) in [6.07, 6.45) is 3.60. The summed E-state index contributed by atoms with van der Waals surface area (Å²) in [6, 6.07) is 12.4. The molecule has 0 spiro atoms. The Kier molecular flexibility index (Phi) is 5.98. The number of nitrogens with one attached hydrogen (secondary N) is 1. The van der Waals surface area contributed by atoms with E-state index in [2.05, 4.69) is 45.1 Å². The molecule has 0 aliphatic carbocycles. The highest BCUT2D eigenvalue weighted by Gasteiger charge is 2.28. The number of hydrogen-bond donors (Lipinski definition) is 2. The van der Waals surface area contributed by atoms with Gasteiger partial charge in [0.25, 0.3) is 5.91 Å². The molecule has 6 nitrogen and oxygen atoms in total. The van der Waals surface area contributed by atoms with E-state index in [0.29, 0.717) is 6.54 Å². The number of aliphatic hydroxyl groups excluding tert-OH is 1. The van der Waals surface area contributed by atoms with Gasteiger partial charge in [-0.2, -0.15) is 0 Å². The second kappa shape index (κ2) is 8.80. The molecule has 1 fully saturated rings. The molecule has 1 unspecified atom stereocenters. The summed E-state index contributed by atoms with van der Waals surface area (Å²) in [6.45, 7) is 6.84. The van der Waals surface area contributed by atoms with Gasteiger partial charge in [-0.3, -0.25) is 9.69 Å². The normalized spacial score (nSPS) is 20.9. The van der Waals surface area contributed by atoms with Crippen molar-refractivity contribution in [2.24, 2.45) is 0 Å². The standard InChI is InChI=1S/C22H30N4O2/c27-17-18-8-12-26(22(28)20-7-9-23-21(18)20)11-4-10-24-13-15-25(16-14-24)19-5-2-1-3-6-19/h1-3,5-7,9,18,23,27H,4,8,10-17H2. The Hall–Kier alpha value is -2.31.